The number of piperidine rings is 1. The zero-order chi connectivity index (χ0) is 20.3. The Labute approximate surface area is 166 Å². The molecular formula is C20H27N2O5S-. The fourth-order valence-corrected chi connectivity index (χ4v) is 5.52. The molecule has 0 spiro atoms. The van der Waals surface area contributed by atoms with Crippen LogP contribution in [0, 0.1) is 17.8 Å². The van der Waals surface area contributed by atoms with Crippen molar-refractivity contribution in [3.8, 4) is 0 Å². The van der Waals surface area contributed by atoms with E-state index in [9.17, 15) is 23.1 Å². The Hall–Kier alpha value is -1.93. The van der Waals surface area contributed by atoms with Crippen molar-refractivity contribution in [2.75, 3.05) is 18.4 Å². The number of rotatable bonds is 5. The SMILES string of the molecule is CC1CCN(S(=O)(=O)c2ccc(NC(=O)[C@@H]3CCCC[C@H]3C(=O)[O-])cc2)CC1. The second kappa shape index (κ2) is 8.61. The summed E-state index contributed by atoms with van der Waals surface area (Å²) in [6.07, 6.45) is 4.27. The fourth-order valence-electron chi connectivity index (χ4n) is 4.05. The number of anilines is 1. The molecule has 7 nitrogen and oxygen atoms in total. The molecule has 1 aromatic rings. The molecule has 8 heteroatoms. The summed E-state index contributed by atoms with van der Waals surface area (Å²) in [4.78, 5) is 24.0. The number of nitrogens with zero attached hydrogens (tertiary/aromatic N) is 1. The Kier molecular flexibility index (Phi) is 6.40. The number of carbonyl (C=O) groups is 2. The van der Waals surface area contributed by atoms with Crippen LogP contribution < -0.4 is 10.4 Å². The normalized spacial score (nSPS) is 24.6. The molecule has 3 rings (SSSR count). The van der Waals surface area contributed by atoms with Crippen molar-refractivity contribution in [2.24, 2.45) is 17.8 Å². The van der Waals surface area contributed by atoms with Gasteiger partial charge in [-0.2, -0.15) is 4.31 Å². The summed E-state index contributed by atoms with van der Waals surface area (Å²) in [7, 11) is -3.54. The molecule has 1 saturated heterocycles. The van der Waals surface area contributed by atoms with E-state index < -0.39 is 27.8 Å². The zero-order valence-corrected chi connectivity index (χ0v) is 16.9. The topological polar surface area (TPSA) is 107 Å². The Bertz CT molecular complexity index is 814. The summed E-state index contributed by atoms with van der Waals surface area (Å²) in [5.74, 6) is -2.38. The standard InChI is InChI=1S/C20H28N2O5S/c1-14-10-12-22(13-11-14)28(26,27)16-8-6-15(7-9-16)21-19(23)17-4-2-3-5-18(17)20(24)25/h6-9,14,17-18H,2-5,10-13H2,1H3,(H,21,23)(H,24,25)/p-1/t17-,18-/m1/s1. The highest BCUT2D eigenvalue weighted by Crippen LogP contribution is 2.31. The third-order valence-corrected chi connectivity index (χ3v) is 7.82. The van der Waals surface area contributed by atoms with E-state index in [2.05, 4.69) is 12.2 Å². The predicted molar refractivity (Wildman–Crippen MR) is 103 cm³/mol. The number of hydrogen-bond donors (Lipinski definition) is 1. The molecule has 1 heterocycles. The highest BCUT2D eigenvalue weighted by Gasteiger charge is 2.32. The van der Waals surface area contributed by atoms with Gasteiger partial charge in [-0.3, -0.25) is 4.79 Å². The highest BCUT2D eigenvalue weighted by molar-refractivity contribution is 7.89. The fraction of sp³-hybridized carbons (Fsp3) is 0.600. The highest BCUT2D eigenvalue weighted by atomic mass is 32.2. The first-order valence-electron chi connectivity index (χ1n) is 9.91. The van der Waals surface area contributed by atoms with Gasteiger partial charge >= 0.3 is 0 Å². The molecule has 1 aromatic carbocycles. The van der Waals surface area contributed by atoms with Crippen LogP contribution in [0.25, 0.3) is 0 Å². The zero-order valence-electron chi connectivity index (χ0n) is 16.1. The largest absolute Gasteiger partial charge is 0.550 e. The average Bonchev–Trinajstić information content (AvgIpc) is 2.68. The smallest absolute Gasteiger partial charge is 0.243 e. The van der Waals surface area contributed by atoms with Gasteiger partial charge in [-0.05, 0) is 55.9 Å². The van der Waals surface area contributed by atoms with Gasteiger partial charge in [0, 0.05) is 36.6 Å². The van der Waals surface area contributed by atoms with Gasteiger partial charge in [0.2, 0.25) is 15.9 Å². The first kappa shape index (κ1) is 20.8. The second-order valence-corrected chi connectivity index (χ2v) is 9.85. The minimum Gasteiger partial charge on any atom is -0.550 e. The van der Waals surface area contributed by atoms with Crippen LogP contribution in [0.5, 0.6) is 0 Å². The molecule has 1 saturated carbocycles. The number of carboxylic acids is 1. The van der Waals surface area contributed by atoms with E-state index >= 15 is 0 Å². The van der Waals surface area contributed by atoms with Crippen molar-refractivity contribution in [3.05, 3.63) is 24.3 Å². The summed E-state index contributed by atoms with van der Waals surface area (Å²) >= 11 is 0. The van der Waals surface area contributed by atoms with Gasteiger partial charge in [-0.15, -0.1) is 0 Å². The number of hydrogen-bond acceptors (Lipinski definition) is 5. The average molecular weight is 408 g/mol. The van der Waals surface area contributed by atoms with E-state index in [0.717, 1.165) is 25.7 Å². The Morgan fingerprint density at radius 2 is 1.57 bits per heavy atom. The lowest BCUT2D eigenvalue weighted by molar-refractivity contribution is -0.313. The van der Waals surface area contributed by atoms with Crippen LogP contribution in [0.1, 0.15) is 45.4 Å². The van der Waals surface area contributed by atoms with Crippen molar-refractivity contribution < 1.29 is 23.1 Å². The number of carboxylic acid groups (broad SMARTS) is 1. The maximum absolute atomic E-state index is 12.8. The molecule has 1 aliphatic carbocycles. The molecule has 2 fully saturated rings. The number of nitrogens with one attached hydrogen (secondary N) is 1. The quantitative estimate of drug-likeness (QED) is 0.798. The monoisotopic (exact) mass is 407 g/mol. The van der Waals surface area contributed by atoms with E-state index in [1.165, 1.54) is 16.4 Å². The maximum Gasteiger partial charge on any atom is 0.243 e. The molecular weight excluding hydrogens is 380 g/mol. The number of aliphatic carboxylic acids is 1. The van der Waals surface area contributed by atoms with E-state index in [-0.39, 0.29) is 10.8 Å². The number of amides is 1. The van der Waals surface area contributed by atoms with Crippen molar-refractivity contribution >= 4 is 27.6 Å². The van der Waals surface area contributed by atoms with Gasteiger partial charge in [0.15, 0.2) is 0 Å². The Morgan fingerprint density at radius 1 is 1.00 bits per heavy atom. The predicted octanol–water partition coefficient (Wildman–Crippen LogP) is 1.60. The minimum absolute atomic E-state index is 0.199. The first-order valence-corrected chi connectivity index (χ1v) is 11.3. The molecule has 2 atom stereocenters. The van der Waals surface area contributed by atoms with Crippen LogP contribution in [0.15, 0.2) is 29.2 Å². The number of benzene rings is 1. The lowest BCUT2D eigenvalue weighted by atomic mass is 9.78. The Morgan fingerprint density at radius 3 is 2.14 bits per heavy atom. The van der Waals surface area contributed by atoms with Crippen LogP contribution in [0.4, 0.5) is 5.69 Å². The van der Waals surface area contributed by atoms with Crippen LogP contribution >= 0.6 is 0 Å². The molecule has 1 amide bonds. The van der Waals surface area contributed by atoms with Crippen molar-refractivity contribution in [1.82, 2.24) is 4.31 Å². The molecule has 0 unspecified atom stereocenters. The molecule has 1 aliphatic heterocycles. The van der Waals surface area contributed by atoms with E-state index in [1.807, 2.05) is 0 Å². The number of sulfonamides is 1. The summed E-state index contributed by atoms with van der Waals surface area (Å²) in [6, 6.07) is 6.07. The van der Waals surface area contributed by atoms with Gasteiger partial charge < -0.3 is 15.2 Å². The third kappa shape index (κ3) is 4.55. The van der Waals surface area contributed by atoms with Gasteiger partial charge in [0.25, 0.3) is 0 Å². The molecule has 154 valence electrons. The third-order valence-electron chi connectivity index (χ3n) is 5.91. The van der Waals surface area contributed by atoms with Crippen molar-refractivity contribution in [1.29, 1.82) is 0 Å². The molecule has 0 radical (unpaired) electrons. The van der Waals surface area contributed by atoms with Crippen LogP contribution in [-0.4, -0.2) is 37.7 Å². The van der Waals surface area contributed by atoms with Crippen LogP contribution in [0.2, 0.25) is 0 Å². The molecule has 0 aromatic heterocycles. The number of carbonyl (C=O) groups excluding carboxylic acids is 2. The molecule has 1 N–H and O–H groups in total. The van der Waals surface area contributed by atoms with E-state index in [0.29, 0.717) is 37.5 Å². The van der Waals surface area contributed by atoms with E-state index in [1.54, 1.807) is 12.1 Å². The van der Waals surface area contributed by atoms with Gasteiger partial charge in [-0.1, -0.05) is 19.8 Å². The van der Waals surface area contributed by atoms with Gasteiger partial charge in [0.1, 0.15) is 0 Å². The van der Waals surface area contributed by atoms with Crippen molar-refractivity contribution in [2.45, 2.75) is 50.3 Å². The Balaban J connectivity index is 1.67. The summed E-state index contributed by atoms with van der Waals surface area (Å²) in [5, 5.41) is 14.0. The first-order chi connectivity index (χ1) is 13.3. The molecule has 28 heavy (non-hydrogen) atoms. The lowest BCUT2D eigenvalue weighted by Crippen LogP contribution is -2.42. The molecule has 0 bridgehead atoms. The van der Waals surface area contributed by atoms with E-state index in [4.69, 9.17) is 0 Å². The van der Waals surface area contributed by atoms with Crippen LogP contribution in [0.3, 0.4) is 0 Å². The summed E-state index contributed by atoms with van der Waals surface area (Å²) in [6.45, 7) is 3.17. The van der Waals surface area contributed by atoms with Crippen LogP contribution in [-0.2, 0) is 19.6 Å². The molecule has 2 aliphatic rings. The lowest BCUT2D eigenvalue weighted by Gasteiger charge is -2.31. The van der Waals surface area contributed by atoms with Gasteiger partial charge in [-0.25, -0.2) is 8.42 Å². The minimum atomic E-state index is -3.54. The van der Waals surface area contributed by atoms with Gasteiger partial charge in [0.05, 0.1) is 4.90 Å². The van der Waals surface area contributed by atoms with Crippen molar-refractivity contribution in [3.63, 3.8) is 0 Å². The summed E-state index contributed by atoms with van der Waals surface area (Å²) in [5.41, 5.74) is 0.457. The maximum atomic E-state index is 12.8. The summed E-state index contributed by atoms with van der Waals surface area (Å²) < 4.78 is 27.0. The second-order valence-electron chi connectivity index (χ2n) is 7.92.